The molecule has 0 aliphatic rings. The number of benzene rings is 1. The Morgan fingerprint density at radius 3 is 2.52 bits per heavy atom. The minimum atomic E-state index is 0.391. The van der Waals surface area contributed by atoms with Gasteiger partial charge in [-0.3, -0.25) is 0 Å². The molecule has 0 aliphatic heterocycles. The first-order chi connectivity index (χ1) is 10.3. The maximum Gasteiger partial charge on any atom is 0.191 e. The van der Waals surface area contributed by atoms with Crippen LogP contribution in [0.3, 0.4) is 0 Å². The molecular formula is C14H20N4O2S. The Kier molecular flexibility index (Phi) is 5.89. The van der Waals surface area contributed by atoms with Crippen LogP contribution in [-0.4, -0.2) is 33.7 Å². The van der Waals surface area contributed by atoms with Crippen molar-refractivity contribution in [3.8, 4) is 11.5 Å². The minimum absolute atomic E-state index is 0.391. The van der Waals surface area contributed by atoms with E-state index in [2.05, 4.69) is 10.2 Å². The topological polar surface area (TPSA) is 75.2 Å². The summed E-state index contributed by atoms with van der Waals surface area (Å²) < 4.78 is 13.2. The van der Waals surface area contributed by atoms with Crippen molar-refractivity contribution in [3.05, 3.63) is 30.1 Å². The van der Waals surface area contributed by atoms with Crippen molar-refractivity contribution < 1.29 is 9.47 Å². The van der Waals surface area contributed by atoms with Gasteiger partial charge in [0.25, 0.3) is 0 Å². The summed E-state index contributed by atoms with van der Waals surface area (Å²) in [4.78, 5) is 0. The standard InChI is InChI=1S/C14H20N4O2S/c1-3-19-11-6-4-5-7-12(11)20-8-9-21-14-17-16-13(10-15)18(14)2/h4-7H,3,8-10,15H2,1-2H3. The number of para-hydroxylation sites is 2. The van der Waals surface area contributed by atoms with Gasteiger partial charge in [0.2, 0.25) is 0 Å². The Balaban J connectivity index is 1.83. The van der Waals surface area contributed by atoms with E-state index < -0.39 is 0 Å². The van der Waals surface area contributed by atoms with E-state index in [1.54, 1.807) is 11.8 Å². The number of hydrogen-bond acceptors (Lipinski definition) is 6. The van der Waals surface area contributed by atoms with Gasteiger partial charge < -0.3 is 19.8 Å². The lowest BCUT2D eigenvalue weighted by Gasteiger charge is -2.11. The number of aromatic nitrogens is 3. The maximum atomic E-state index is 5.76. The van der Waals surface area contributed by atoms with Crippen LogP contribution in [0.5, 0.6) is 11.5 Å². The lowest BCUT2D eigenvalue weighted by atomic mass is 10.3. The Hall–Kier alpha value is -1.73. The second-order valence-corrected chi connectivity index (χ2v) is 5.30. The molecule has 0 atom stereocenters. The zero-order chi connectivity index (χ0) is 15.1. The van der Waals surface area contributed by atoms with Crippen LogP contribution >= 0.6 is 11.8 Å². The van der Waals surface area contributed by atoms with Crippen LogP contribution in [0.15, 0.2) is 29.4 Å². The lowest BCUT2D eigenvalue weighted by molar-refractivity contribution is 0.289. The van der Waals surface area contributed by atoms with E-state index in [1.165, 1.54) is 0 Å². The predicted octanol–water partition coefficient (Wildman–Crippen LogP) is 1.84. The van der Waals surface area contributed by atoms with E-state index in [4.69, 9.17) is 15.2 Å². The van der Waals surface area contributed by atoms with Crippen molar-refractivity contribution in [2.24, 2.45) is 12.8 Å². The van der Waals surface area contributed by atoms with Gasteiger partial charge in [-0.25, -0.2) is 0 Å². The summed E-state index contributed by atoms with van der Waals surface area (Å²) in [7, 11) is 1.91. The normalized spacial score (nSPS) is 10.6. The third-order valence-electron chi connectivity index (χ3n) is 2.83. The van der Waals surface area contributed by atoms with E-state index in [9.17, 15) is 0 Å². The van der Waals surface area contributed by atoms with Gasteiger partial charge in [0.15, 0.2) is 16.7 Å². The number of ether oxygens (including phenoxy) is 2. The summed E-state index contributed by atoms with van der Waals surface area (Å²) >= 11 is 1.59. The van der Waals surface area contributed by atoms with Crippen LogP contribution in [0.25, 0.3) is 0 Å². The monoisotopic (exact) mass is 308 g/mol. The summed E-state index contributed by atoms with van der Waals surface area (Å²) in [5.74, 6) is 3.09. The maximum absolute atomic E-state index is 5.76. The number of hydrogen-bond donors (Lipinski definition) is 1. The molecule has 2 aromatic rings. The molecule has 0 spiro atoms. The Morgan fingerprint density at radius 2 is 1.90 bits per heavy atom. The highest BCUT2D eigenvalue weighted by molar-refractivity contribution is 7.99. The molecule has 0 aliphatic carbocycles. The molecule has 0 saturated carbocycles. The van der Waals surface area contributed by atoms with E-state index in [-0.39, 0.29) is 0 Å². The Bertz CT molecular complexity index is 574. The quantitative estimate of drug-likeness (QED) is 0.592. The average molecular weight is 308 g/mol. The number of rotatable bonds is 8. The van der Waals surface area contributed by atoms with E-state index in [0.717, 1.165) is 28.2 Å². The fourth-order valence-corrected chi connectivity index (χ4v) is 2.52. The van der Waals surface area contributed by atoms with E-state index in [0.29, 0.717) is 19.8 Å². The molecule has 0 radical (unpaired) electrons. The van der Waals surface area contributed by atoms with Gasteiger partial charge in [0.05, 0.1) is 19.8 Å². The summed E-state index contributed by atoms with van der Waals surface area (Å²) in [5, 5.41) is 8.95. The van der Waals surface area contributed by atoms with Gasteiger partial charge in [-0.05, 0) is 19.1 Å². The van der Waals surface area contributed by atoms with Gasteiger partial charge in [-0.1, -0.05) is 23.9 Å². The van der Waals surface area contributed by atoms with Gasteiger partial charge in [-0.15, -0.1) is 10.2 Å². The molecular weight excluding hydrogens is 288 g/mol. The molecule has 6 nitrogen and oxygen atoms in total. The van der Waals surface area contributed by atoms with Crippen molar-refractivity contribution in [2.75, 3.05) is 19.0 Å². The molecule has 1 aromatic carbocycles. The minimum Gasteiger partial charge on any atom is -0.490 e. The highest BCUT2D eigenvalue weighted by Crippen LogP contribution is 2.26. The molecule has 0 saturated heterocycles. The molecule has 0 amide bonds. The average Bonchev–Trinajstić information content (AvgIpc) is 2.86. The molecule has 1 heterocycles. The second-order valence-electron chi connectivity index (χ2n) is 4.24. The molecule has 7 heteroatoms. The highest BCUT2D eigenvalue weighted by atomic mass is 32.2. The third-order valence-corrected chi connectivity index (χ3v) is 3.81. The summed E-state index contributed by atoms with van der Waals surface area (Å²) in [6.45, 7) is 3.54. The van der Waals surface area contributed by atoms with Crippen molar-refractivity contribution >= 4 is 11.8 Å². The van der Waals surface area contributed by atoms with Crippen LogP contribution < -0.4 is 15.2 Å². The van der Waals surface area contributed by atoms with Crippen molar-refractivity contribution in [1.29, 1.82) is 0 Å². The zero-order valence-electron chi connectivity index (χ0n) is 12.3. The van der Waals surface area contributed by atoms with Crippen molar-refractivity contribution in [1.82, 2.24) is 14.8 Å². The molecule has 2 N–H and O–H groups in total. The Labute approximate surface area is 128 Å². The molecule has 0 fully saturated rings. The van der Waals surface area contributed by atoms with Gasteiger partial charge in [-0.2, -0.15) is 0 Å². The zero-order valence-corrected chi connectivity index (χ0v) is 13.1. The fourth-order valence-electron chi connectivity index (χ4n) is 1.78. The predicted molar refractivity (Wildman–Crippen MR) is 82.7 cm³/mol. The number of nitrogens with two attached hydrogens (primary N) is 1. The van der Waals surface area contributed by atoms with Gasteiger partial charge in [0, 0.05) is 12.8 Å². The van der Waals surface area contributed by atoms with Gasteiger partial charge >= 0.3 is 0 Å². The molecule has 2 rings (SSSR count). The molecule has 21 heavy (non-hydrogen) atoms. The Morgan fingerprint density at radius 1 is 1.19 bits per heavy atom. The molecule has 0 bridgehead atoms. The van der Waals surface area contributed by atoms with E-state index in [1.807, 2.05) is 42.8 Å². The van der Waals surface area contributed by atoms with Crippen LogP contribution in [0.4, 0.5) is 0 Å². The van der Waals surface area contributed by atoms with Crippen LogP contribution in [0.1, 0.15) is 12.7 Å². The van der Waals surface area contributed by atoms with Crippen LogP contribution in [-0.2, 0) is 13.6 Å². The number of nitrogens with zero attached hydrogens (tertiary/aromatic N) is 3. The highest BCUT2D eigenvalue weighted by Gasteiger charge is 2.08. The SMILES string of the molecule is CCOc1ccccc1OCCSc1nnc(CN)n1C. The van der Waals surface area contributed by atoms with Crippen molar-refractivity contribution in [3.63, 3.8) is 0 Å². The first kappa shape index (κ1) is 15.7. The first-order valence-corrected chi connectivity index (χ1v) is 7.80. The molecule has 114 valence electrons. The molecule has 0 unspecified atom stereocenters. The van der Waals surface area contributed by atoms with Gasteiger partial charge in [0.1, 0.15) is 5.82 Å². The summed E-state index contributed by atoms with van der Waals surface area (Å²) in [6.07, 6.45) is 0. The van der Waals surface area contributed by atoms with Crippen LogP contribution in [0, 0.1) is 0 Å². The first-order valence-electron chi connectivity index (χ1n) is 6.82. The second kappa shape index (κ2) is 7.90. The smallest absolute Gasteiger partial charge is 0.191 e. The van der Waals surface area contributed by atoms with Crippen LogP contribution in [0.2, 0.25) is 0 Å². The summed E-state index contributed by atoms with van der Waals surface area (Å²) in [5.41, 5.74) is 5.57. The largest absolute Gasteiger partial charge is 0.490 e. The fraction of sp³-hybridized carbons (Fsp3) is 0.429. The number of thioether (sulfide) groups is 1. The third kappa shape index (κ3) is 4.12. The lowest BCUT2D eigenvalue weighted by Crippen LogP contribution is -2.06. The summed E-state index contributed by atoms with van der Waals surface area (Å²) in [6, 6.07) is 7.67. The molecule has 1 aromatic heterocycles. The van der Waals surface area contributed by atoms with Crippen molar-refractivity contribution in [2.45, 2.75) is 18.6 Å². The van der Waals surface area contributed by atoms with E-state index >= 15 is 0 Å².